The summed E-state index contributed by atoms with van der Waals surface area (Å²) >= 11 is 7.03. The molecule has 0 fully saturated rings. The topological polar surface area (TPSA) is 84.2 Å². The average molecular weight is 629 g/mol. The van der Waals surface area contributed by atoms with Crippen molar-refractivity contribution < 1.29 is 18.9 Å². The fourth-order valence-electron chi connectivity index (χ4n) is 3.92. The summed E-state index contributed by atoms with van der Waals surface area (Å²) in [6.45, 7) is 4.84. The van der Waals surface area contributed by atoms with Crippen molar-refractivity contribution in [3.63, 3.8) is 0 Å². The van der Waals surface area contributed by atoms with E-state index < -0.39 is 0 Å². The van der Waals surface area contributed by atoms with Crippen LogP contribution in [0, 0.1) is 0 Å². The lowest BCUT2D eigenvalue weighted by Gasteiger charge is -2.15. The molecule has 0 aliphatic carbocycles. The Kier molecular flexibility index (Phi) is 7.48. The van der Waals surface area contributed by atoms with E-state index in [0.29, 0.717) is 58.1 Å². The second-order valence-electron chi connectivity index (χ2n) is 8.14. The summed E-state index contributed by atoms with van der Waals surface area (Å²) in [5.41, 5.74) is 2.08. The highest BCUT2D eigenvalue weighted by Crippen LogP contribution is 2.38. The first-order valence-corrected chi connectivity index (χ1v) is 13.3. The van der Waals surface area contributed by atoms with Gasteiger partial charge in [-0.05, 0) is 76.4 Å². The molecule has 1 aromatic heterocycles. The molecule has 5 rings (SSSR count). The minimum absolute atomic E-state index is 0.224. The van der Waals surface area contributed by atoms with Crippen LogP contribution >= 0.6 is 31.9 Å². The first-order chi connectivity index (χ1) is 18.0. The standard InChI is InChI=1S/C27H23Br2N3O5/c1-3-25-31-21-7-6-18(28)12-19(21)27(33)32(25)30-13-17-9-20(29)26(24(11-17)34-4-2)35-14-16-5-8-22-23(10-16)37-15-36-22/h5-13H,3-4,14-15H2,1-2H3. The molecule has 3 aromatic carbocycles. The summed E-state index contributed by atoms with van der Waals surface area (Å²) in [6, 6.07) is 14.8. The predicted octanol–water partition coefficient (Wildman–Crippen LogP) is 6.07. The van der Waals surface area contributed by atoms with E-state index in [1.807, 2.05) is 56.3 Å². The van der Waals surface area contributed by atoms with Gasteiger partial charge in [0.25, 0.3) is 5.56 Å². The normalized spacial score (nSPS) is 12.4. The molecule has 0 bridgehead atoms. The highest BCUT2D eigenvalue weighted by Gasteiger charge is 2.16. The van der Waals surface area contributed by atoms with Gasteiger partial charge >= 0.3 is 0 Å². The first-order valence-electron chi connectivity index (χ1n) is 11.7. The van der Waals surface area contributed by atoms with Crippen molar-refractivity contribution in [1.29, 1.82) is 0 Å². The van der Waals surface area contributed by atoms with E-state index >= 15 is 0 Å². The van der Waals surface area contributed by atoms with Crippen molar-refractivity contribution in [3.8, 4) is 23.0 Å². The van der Waals surface area contributed by atoms with Gasteiger partial charge in [0.1, 0.15) is 12.4 Å². The van der Waals surface area contributed by atoms with E-state index in [1.54, 1.807) is 12.3 Å². The second-order valence-corrected chi connectivity index (χ2v) is 9.91. The van der Waals surface area contributed by atoms with Gasteiger partial charge in [0.2, 0.25) is 6.79 Å². The van der Waals surface area contributed by atoms with Crippen LogP contribution in [0.3, 0.4) is 0 Å². The Labute approximate surface area is 230 Å². The summed E-state index contributed by atoms with van der Waals surface area (Å²) in [6.07, 6.45) is 2.17. The number of hydrogen-bond donors (Lipinski definition) is 0. The summed E-state index contributed by atoms with van der Waals surface area (Å²) in [7, 11) is 0. The van der Waals surface area contributed by atoms with Crippen LogP contribution in [0.25, 0.3) is 10.9 Å². The summed E-state index contributed by atoms with van der Waals surface area (Å²) in [4.78, 5) is 17.8. The number of fused-ring (bicyclic) bond motifs is 2. The van der Waals surface area contributed by atoms with E-state index in [9.17, 15) is 4.79 Å². The molecule has 190 valence electrons. The van der Waals surface area contributed by atoms with Crippen LogP contribution < -0.4 is 24.5 Å². The van der Waals surface area contributed by atoms with Crippen molar-refractivity contribution in [3.05, 3.63) is 84.8 Å². The number of halogens is 2. The monoisotopic (exact) mass is 627 g/mol. The maximum atomic E-state index is 13.2. The van der Waals surface area contributed by atoms with Crippen molar-refractivity contribution in [1.82, 2.24) is 9.66 Å². The number of aromatic nitrogens is 2. The second kappa shape index (κ2) is 10.9. The third-order valence-electron chi connectivity index (χ3n) is 5.67. The number of hydrogen-bond acceptors (Lipinski definition) is 7. The Balaban J connectivity index is 1.44. The van der Waals surface area contributed by atoms with Crippen molar-refractivity contribution in [2.24, 2.45) is 5.10 Å². The zero-order valence-electron chi connectivity index (χ0n) is 20.2. The first kappa shape index (κ1) is 25.3. The van der Waals surface area contributed by atoms with Gasteiger partial charge in [-0.1, -0.05) is 28.9 Å². The Bertz CT molecular complexity index is 1570. The Morgan fingerprint density at radius 3 is 2.70 bits per heavy atom. The van der Waals surface area contributed by atoms with Crippen LogP contribution in [-0.2, 0) is 13.0 Å². The van der Waals surface area contributed by atoms with Crippen LogP contribution in [0.5, 0.6) is 23.0 Å². The van der Waals surface area contributed by atoms with E-state index in [-0.39, 0.29) is 12.4 Å². The maximum Gasteiger partial charge on any atom is 0.282 e. The zero-order chi connectivity index (χ0) is 25.9. The highest BCUT2D eigenvalue weighted by atomic mass is 79.9. The molecular formula is C27H23Br2N3O5. The summed E-state index contributed by atoms with van der Waals surface area (Å²) in [5.74, 6) is 3.13. The average Bonchev–Trinajstić information content (AvgIpc) is 3.36. The quantitative estimate of drug-likeness (QED) is 0.220. The Morgan fingerprint density at radius 1 is 1.05 bits per heavy atom. The lowest BCUT2D eigenvalue weighted by Crippen LogP contribution is -2.22. The molecule has 4 aromatic rings. The molecule has 1 aliphatic rings. The van der Waals surface area contributed by atoms with Gasteiger partial charge in [-0.15, -0.1) is 0 Å². The molecule has 0 radical (unpaired) electrons. The van der Waals surface area contributed by atoms with Gasteiger partial charge in [-0.2, -0.15) is 9.78 Å². The van der Waals surface area contributed by atoms with Crippen LogP contribution in [0.1, 0.15) is 30.8 Å². The number of ether oxygens (including phenoxy) is 4. The molecule has 0 amide bonds. The van der Waals surface area contributed by atoms with E-state index in [1.165, 1.54) is 4.68 Å². The minimum atomic E-state index is -0.229. The molecule has 1 aliphatic heterocycles. The molecular weight excluding hydrogens is 606 g/mol. The van der Waals surface area contributed by atoms with Crippen LogP contribution in [0.15, 0.2) is 67.4 Å². The van der Waals surface area contributed by atoms with Crippen LogP contribution in [0.2, 0.25) is 0 Å². The molecule has 0 N–H and O–H groups in total. The smallest absolute Gasteiger partial charge is 0.282 e. The number of benzene rings is 3. The van der Waals surface area contributed by atoms with E-state index in [4.69, 9.17) is 18.9 Å². The third kappa shape index (κ3) is 5.35. The molecule has 0 unspecified atom stereocenters. The number of aryl methyl sites for hydroxylation is 1. The largest absolute Gasteiger partial charge is 0.490 e. The van der Waals surface area contributed by atoms with Crippen LogP contribution in [-0.4, -0.2) is 29.3 Å². The Morgan fingerprint density at radius 2 is 1.89 bits per heavy atom. The Hall–Kier alpha value is -3.37. The van der Waals surface area contributed by atoms with Crippen molar-refractivity contribution >= 4 is 49.0 Å². The molecule has 0 saturated carbocycles. The molecule has 2 heterocycles. The lowest BCUT2D eigenvalue weighted by molar-refractivity contribution is 0.174. The molecule has 10 heteroatoms. The van der Waals surface area contributed by atoms with Crippen molar-refractivity contribution in [2.75, 3.05) is 13.4 Å². The fraction of sp³-hybridized carbons (Fsp3) is 0.222. The highest BCUT2D eigenvalue weighted by molar-refractivity contribution is 9.10. The van der Waals surface area contributed by atoms with Crippen molar-refractivity contribution in [2.45, 2.75) is 26.9 Å². The minimum Gasteiger partial charge on any atom is -0.490 e. The molecule has 37 heavy (non-hydrogen) atoms. The fourth-order valence-corrected chi connectivity index (χ4v) is 4.85. The van der Waals surface area contributed by atoms with Gasteiger partial charge in [-0.3, -0.25) is 4.79 Å². The number of rotatable bonds is 8. The SMILES string of the molecule is CCOc1cc(C=Nn2c(CC)nc3ccc(Br)cc3c2=O)cc(Br)c1OCc1ccc2c(c1)OCO2. The van der Waals surface area contributed by atoms with E-state index in [0.717, 1.165) is 21.3 Å². The lowest BCUT2D eigenvalue weighted by atomic mass is 10.2. The maximum absolute atomic E-state index is 13.2. The van der Waals surface area contributed by atoms with Gasteiger partial charge in [0.05, 0.1) is 28.2 Å². The molecule has 8 nitrogen and oxygen atoms in total. The van der Waals surface area contributed by atoms with Crippen LogP contribution in [0.4, 0.5) is 0 Å². The zero-order valence-corrected chi connectivity index (χ0v) is 23.3. The van der Waals surface area contributed by atoms with Gasteiger partial charge < -0.3 is 18.9 Å². The van der Waals surface area contributed by atoms with Gasteiger partial charge in [0, 0.05) is 10.9 Å². The predicted molar refractivity (Wildman–Crippen MR) is 148 cm³/mol. The summed E-state index contributed by atoms with van der Waals surface area (Å²) < 4.78 is 25.7. The summed E-state index contributed by atoms with van der Waals surface area (Å²) in [5, 5.41) is 4.98. The van der Waals surface area contributed by atoms with Gasteiger partial charge in [-0.25, -0.2) is 4.98 Å². The third-order valence-corrected chi connectivity index (χ3v) is 6.75. The van der Waals surface area contributed by atoms with E-state index in [2.05, 4.69) is 41.9 Å². The molecule has 0 saturated heterocycles. The van der Waals surface area contributed by atoms with Gasteiger partial charge in [0.15, 0.2) is 23.0 Å². The molecule has 0 atom stereocenters. The molecule has 0 spiro atoms. The number of nitrogens with zero attached hydrogens (tertiary/aromatic N) is 3.